The SMILES string of the molecule is CCc1nsc(N2CCN(C(=O)Cc3c(C)noc3C)CC2)n1. The molecule has 0 aromatic carbocycles. The second kappa shape index (κ2) is 6.66. The van der Waals surface area contributed by atoms with E-state index in [0.29, 0.717) is 19.5 Å². The maximum Gasteiger partial charge on any atom is 0.227 e. The molecule has 2 aromatic heterocycles. The summed E-state index contributed by atoms with van der Waals surface area (Å²) in [6, 6.07) is 0. The number of amides is 1. The van der Waals surface area contributed by atoms with Gasteiger partial charge < -0.3 is 14.3 Å². The summed E-state index contributed by atoms with van der Waals surface area (Å²) >= 11 is 1.44. The van der Waals surface area contributed by atoms with Crippen molar-refractivity contribution in [2.45, 2.75) is 33.6 Å². The van der Waals surface area contributed by atoms with Crippen molar-refractivity contribution >= 4 is 22.6 Å². The first kappa shape index (κ1) is 15.9. The highest BCUT2D eigenvalue weighted by Crippen LogP contribution is 2.20. The molecule has 3 rings (SSSR count). The summed E-state index contributed by atoms with van der Waals surface area (Å²) in [6.07, 6.45) is 1.21. The topological polar surface area (TPSA) is 75.4 Å². The van der Waals surface area contributed by atoms with Gasteiger partial charge in [0.15, 0.2) is 0 Å². The molecule has 3 heterocycles. The number of piperazine rings is 1. The van der Waals surface area contributed by atoms with Gasteiger partial charge in [0.2, 0.25) is 11.0 Å². The van der Waals surface area contributed by atoms with Crippen molar-refractivity contribution in [1.82, 2.24) is 19.4 Å². The average molecular weight is 335 g/mol. The van der Waals surface area contributed by atoms with E-state index in [2.05, 4.69) is 26.3 Å². The molecule has 0 atom stereocenters. The number of carbonyl (C=O) groups is 1. The fourth-order valence-electron chi connectivity index (χ4n) is 2.68. The van der Waals surface area contributed by atoms with Crippen LogP contribution in [-0.4, -0.2) is 51.5 Å². The minimum absolute atomic E-state index is 0.130. The molecule has 1 aliphatic heterocycles. The van der Waals surface area contributed by atoms with Gasteiger partial charge in [-0.1, -0.05) is 12.1 Å². The molecule has 0 bridgehead atoms. The Hall–Kier alpha value is -1.96. The van der Waals surface area contributed by atoms with Gasteiger partial charge in [0.25, 0.3) is 0 Å². The van der Waals surface area contributed by atoms with E-state index in [0.717, 1.165) is 47.5 Å². The third-order valence-corrected chi connectivity index (χ3v) is 5.00. The Balaban J connectivity index is 1.57. The zero-order chi connectivity index (χ0) is 16.4. The maximum absolute atomic E-state index is 12.5. The molecular weight excluding hydrogens is 314 g/mol. The van der Waals surface area contributed by atoms with Crippen LogP contribution in [-0.2, 0) is 17.6 Å². The van der Waals surface area contributed by atoms with Crippen LogP contribution in [0.4, 0.5) is 5.13 Å². The maximum atomic E-state index is 12.5. The fourth-order valence-corrected chi connectivity index (χ4v) is 3.48. The number of aryl methyl sites for hydroxylation is 3. The highest BCUT2D eigenvalue weighted by Gasteiger charge is 2.24. The van der Waals surface area contributed by atoms with Crippen molar-refractivity contribution in [3.05, 3.63) is 22.8 Å². The fraction of sp³-hybridized carbons (Fsp3) is 0.600. The lowest BCUT2D eigenvalue weighted by Gasteiger charge is -2.34. The predicted octanol–water partition coefficient (Wildman–Crippen LogP) is 1.60. The Morgan fingerprint density at radius 3 is 2.57 bits per heavy atom. The lowest BCUT2D eigenvalue weighted by molar-refractivity contribution is -0.130. The third kappa shape index (κ3) is 3.36. The minimum Gasteiger partial charge on any atom is -0.361 e. The number of hydrogen-bond acceptors (Lipinski definition) is 7. The van der Waals surface area contributed by atoms with Crippen molar-refractivity contribution < 1.29 is 9.32 Å². The van der Waals surface area contributed by atoms with Crippen molar-refractivity contribution in [1.29, 1.82) is 0 Å². The Labute approximate surface area is 139 Å². The molecule has 1 saturated heterocycles. The predicted molar refractivity (Wildman–Crippen MR) is 87.8 cm³/mol. The second-order valence-electron chi connectivity index (χ2n) is 5.69. The summed E-state index contributed by atoms with van der Waals surface area (Å²) in [5, 5.41) is 4.87. The molecule has 0 spiro atoms. The van der Waals surface area contributed by atoms with Crippen molar-refractivity contribution in [3.63, 3.8) is 0 Å². The van der Waals surface area contributed by atoms with Crippen molar-refractivity contribution in [2.75, 3.05) is 31.1 Å². The van der Waals surface area contributed by atoms with E-state index in [4.69, 9.17) is 4.52 Å². The molecule has 0 aliphatic carbocycles. The van der Waals surface area contributed by atoms with Gasteiger partial charge in [-0.15, -0.1) is 0 Å². The van der Waals surface area contributed by atoms with E-state index in [1.54, 1.807) is 0 Å². The molecule has 0 radical (unpaired) electrons. The quantitative estimate of drug-likeness (QED) is 0.845. The molecule has 2 aromatic rings. The van der Waals surface area contributed by atoms with Crippen LogP contribution >= 0.6 is 11.5 Å². The van der Waals surface area contributed by atoms with Gasteiger partial charge in [-0.05, 0) is 13.8 Å². The number of aromatic nitrogens is 3. The van der Waals surface area contributed by atoms with Crippen LogP contribution in [0.25, 0.3) is 0 Å². The number of nitrogens with zero attached hydrogens (tertiary/aromatic N) is 5. The van der Waals surface area contributed by atoms with E-state index in [1.165, 1.54) is 11.5 Å². The number of rotatable bonds is 4. The lowest BCUT2D eigenvalue weighted by Crippen LogP contribution is -2.49. The summed E-state index contributed by atoms with van der Waals surface area (Å²) in [7, 11) is 0. The molecule has 23 heavy (non-hydrogen) atoms. The van der Waals surface area contributed by atoms with Crippen LogP contribution in [0.5, 0.6) is 0 Å². The molecule has 1 fully saturated rings. The van der Waals surface area contributed by atoms with Gasteiger partial charge in [0.1, 0.15) is 11.6 Å². The number of anilines is 1. The van der Waals surface area contributed by atoms with Gasteiger partial charge in [-0.25, -0.2) is 4.98 Å². The Morgan fingerprint density at radius 2 is 2.00 bits per heavy atom. The molecule has 1 amide bonds. The zero-order valence-electron chi connectivity index (χ0n) is 13.7. The Kier molecular flexibility index (Phi) is 4.61. The zero-order valence-corrected chi connectivity index (χ0v) is 14.5. The lowest BCUT2D eigenvalue weighted by atomic mass is 10.1. The molecule has 0 N–H and O–H groups in total. The molecule has 1 aliphatic rings. The van der Waals surface area contributed by atoms with Crippen LogP contribution in [0.3, 0.4) is 0 Å². The van der Waals surface area contributed by atoms with E-state index >= 15 is 0 Å². The van der Waals surface area contributed by atoms with Gasteiger partial charge in [-0.2, -0.15) is 4.37 Å². The molecule has 8 heteroatoms. The van der Waals surface area contributed by atoms with E-state index in [9.17, 15) is 4.79 Å². The minimum atomic E-state index is 0.130. The molecule has 7 nitrogen and oxygen atoms in total. The molecule has 0 unspecified atom stereocenters. The number of carbonyl (C=O) groups excluding carboxylic acids is 1. The van der Waals surface area contributed by atoms with Crippen molar-refractivity contribution in [2.24, 2.45) is 0 Å². The summed E-state index contributed by atoms with van der Waals surface area (Å²) in [4.78, 5) is 21.1. The second-order valence-corrected chi connectivity index (χ2v) is 6.42. The summed E-state index contributed by atoms with van der Waals surface area (Å²) in [5.41, 5.74) is 1.71. The normalized spacial score (nSPS) is 15.3. The Morgan fingerprint density at radius 1 is 1.26 bits per heavy atom. The van der Waals surface area contributed by atoms with Crippen LogP contribution in [0.2, 0.25) is 0 Å². The van der Waals surface area contributed by atoms with Crippen LogP contribution in [0.15, 0.2) is 4.52 Å². The summed E-state index contributed by atoms with van der Waals surface area (Å²) in [6.45, 7) is 8.79. The van der Waals surface area contributed by atoms with Gasteiger partial charge in [0, 0.05) is 49.7 Å². The van der Waals surface area contributed by atoms with E-state index in [1.807, 2.05) is 18.7 Å². The first-order chi connectivity index (χ1) is 11.1. The smallest absolute Gasteiger partial charge is 0.227 e. The molecule has 124 valence electrons. The molecular formula is C15H21N5O2S. The van der Waals surface area contributed by atoms with Crippen LogP contribution < -0.4 is 4.90 Å². The first-order valence-electron chi connectivity index (χ1n) is 7.85. The third-order valence-electron chi connectivity index (χ3n) is 4.19. The molecule has 0 saturated carbocycles. The summed E-state index contributed by atoms with van der Waals surface area (Å²) in [5.74, 6) is 1.75. The summed E-state index contributed by atoms with van der Waals surface area (Å²) < 4.78 is 9.45. The van der Waals surface area contributed by atoms with E-state index in [-0.39, 0.29) is 5.91 Å². The van der Waals surface area contributed by atoms with E-state index < -0.39 is 0 Å². The van der Waals surface area contributed by atoms with Crippen molar-refractivity contribution in [3.8, 4) is 0 Å². The number of hydrogen-bond donors (Lipinski definition) is 0. The van der Waals surface area contributed by atoms with Gasteiger partial charge >= 0.3 is 0 Å². The van der Waals surface area contributed by atoms with Crippen LogP contribution in [0, 0.1) is 13.8 Å². The monoisotopic (exact) mass is 335 g/mol. The van der Waals surface area contributed by atoms with Crippen LogP contribution in [0.1, 0.15) is 29.8 Å². The Bertz CT molecular complexity index is 668. The van der Waals surface area contributed by atoms with Gasteiger partial charge in [0.05, 0.1) is 12.1 Å². The standard InChI is InChI=1S/C15H21N5O2S/c1-4-13-16-15(23-18-13)20-7-5-19(6-8-20)14(21)9-12-10(2)17-22-11(12)3/h4-9H2,1-3H3. The highest BCUT2D eigenvalue weighted by atomic mass is 32.1. The highest BCUT2D eigenvalue weighted by molar-refractivity contribution is 7.09. The van der Waals surface area contributed by atoms with Gasteiger partial charge in [-0.3, -0.25) is 4.79 Å². The first-order valence-corrected chi connectivity index (χ1v) is 8.63. The largest absolute Gasteiger partial charge is 0.361 e. The average Bonchev–Trinajstić information content (AvgIpc) is 3.17.